The Balaban J connectivity index is 1.86. The fraction of sp³-hybridized carbons (Fsp3) is 0.241. The molecule has 1 aliphatic rings. The lowest BCUT2D eigenvalue weighted by Crippen LogP contribution is -2.24. The van der Waals surface area contributed by atoms with E-state index in [1.807, 2.05) is 19.9 Å². The number of hydrogen-bond donors (Lipinski definition) is 0. The summed E-state index contributed by atoms with van der Waals surface area (Å²) < 4.78 is 7.52. The van der Waals surface area contributed by atoms with Crippen LogP contribution in [0, 0.1) is 27.7 Å². The van der Waals surface area contributed by atoms with Crippen molar-refractivity contribution in [2.24, 2.45) is 0 Å². The van der Waals surface area contributed by atoms with Crippen molar-refractivity contribution >= 4 is 35.2 Å². The molecule has 0 saturated heterocycles. The Hall–Kier alpha value is -3.57. The lowest BCUT2D eigenvalue weighted by Gasteiger charge is -2.18. The Labute approximate surface area is 211 Å². The molecule has 0 bridgehead atoms. The van der Waals surface area contributed by atoms with E-state index in [1.165, 1.54) is 10.5 Å². The predicted octanol–water partition coefficient (Wildman–Crippen LogP) is 6.63. The fourth-order valence-corrected chi connectivity index (χ4v) is 4.73. The normalized spacial score (nSPS) is 14.9. The number of amides is 1. The Kier molecular flexibility index (Phi) is 6.73. The quantitative estimate of drug-likeness (QED) is 0.299. The van der Waals surface area contributed by atoms with Gasteiger partial charge in [-0.1, -0.05) is 23.7 Å². The number of carbonyl (C=O) groups is 2. The fourth-order valence-electron chi connectivity index (χ4n) is 4.60. The van der Waals surface area contributed by atoms with Gasteiger partial charge in [0, 0.05) is 33.5 Å². The Morgan fingerprint density at radius 2 is 1.69 bits per heavy atom. The van der Waals surface area contributed by atoms with Crippen molar-refractivity contribution in [3.8, 4) is 5.69 Å². The third-order valence-electron chi connectivity index (χ3n) is 6.34. The van der Waals surface area contributed by atoms with E-state index in [4.69, 9.17) is 16.3 Å². The highest BCUT2D eigenvalue weighted by Crippen LogP contribution is 2.37. The molecule has 0 unspecified atom stereocenters. The SMILES string of the molecule is CCOC(=O)C1=C(C)N(c2ccc(Cl)cc2)C(=O)/C1=C\c1cc(C)n(-c2cc(C)ccc2C)c1C. The van der Waals surface area contributed by atoms with Crippen LogP contribution in [0.2, 0.25) is 5.02 Å². The van der Waals surface area contributed by atoms with E-state index in [0.717, 1.165) is 28.2 Å². The van der Waals surface area contributed by atoms with Crippen LogP contribution >= 0.6 is 11.6 Å². The van der Waals surface area contributed by atoms with Gasteiger partial charge in [0.2, 0.25) is 0 Å². The summed E-state index contributed by atoms with van der Waals surface area (Å²) in [5.74, 6) is -0.784. The first-order valence-corrected chi connectivity index (χ1v) is 12.0. The monoisotopic (exact) mass is 488 g/mol. The minimum absolute atomic E-state index is 0.221. The van der Waals surface area contributed by atoms with Gasteiger partial charge >= 0.3 is 5.97 Å². The topological polar surface area (TPSA) is 51.5 Å². The number of nitrogens with zero attached hydrogens (tertiary/aromatic N) is 2. The van der Waals surface area contributed by atoms with Crippen LogP contribution in [0.5, 0.6) is 0 Å². The van der Waals surface area contributed by atoms with Gasteiger partial charge < -0.3 is 9.30 Å². The molecule has 6 heteroatoms. The van der Waals surface area contributed by atoms with Gasteiger partial charge in [0.25, 0.3) is 5.91 Å². The van der Waals surface area contributed by atoms with Crippen molar-refractivity contribution in [3.63, 3.8) is 0 Å². The summed E-state index contributed by atoms with van der Waals surface area (Å²) in [6.45, 7) is 12.0. The van der Waals surface area contributed by atoms with Crippen LogP contribution in [-0.2, 0) is 14.3 Å². The van der Waals surface area contributed by atoms with Crippen molar-refractivity contribution in [2.45, 2.75) is 41.5 Å². The molecular formula is C29H29ClN2O3. The number of allylic oxidation sites excluding steroid dienone is 1. The number of anilines is 1. The van der Waals surface area contributed by atoms with E-state index in [0.29, 0.717) is 22.0 Å². The molecule has 3 aromatic rings. The van der Waals surface area contributed by atoms with Gasteiger partial charge in [-0.25, -0.2) is 4.79 Å². The largest absolute Gasteiger partial charge is 0.462 e. The first kappa shape index (κ1) is 24.6. The van der Waals surface area contributed by atoms with Crippen LogP contribution in [0.15, 0.2) is 65.4 Å². The average molecular weight is 489 g/mol. The number of ether oxygens (including phenoxy) is 1. The van der Waals surface area contributed by atoms with E-state index in [2.05, 4.69) is 36.6 Å². The van der Waals surface area contributed by atoms with Crippen molar-refractivity contribution in [3.05, 3.63) is 98.5 Å². The summed E-state index contributed by atoms with van der Waals surface area (Å²) in [4.78, 5) is 28.2. The van der Waals surface area contributed by atoms with Crippen LogP contribution in [0.1, 0.15) is 41.9 Å². The molecule has 0 aliphatic carbocycles. The predicted molar refractivity (Wildman–Crippen MR) is 141 cm³/mol. The Morgan fingerprint density at radius 1 is 1.00 bits per heavy atom. The molecule has 5 nitrogen and oxygen atoms in total. The molecule has 0 radical (unpaired) electrons. The zero-order valence-electron chi connectivity index (χ0n) is 20.9. The first-order chi connectivity index (χ1) is 16.6. The van der Waals surface area contributed by atoms with Gasteiger partial charge in [0.15, 0.2) is 0 Å². The number of hydrogen-bond acceptors (Lipinski definition) is 3. The van der Waals surface area contributed by atoms with Crippen LogP contribution in [-0.4, -0.2) is 23.1 Å². The van der Waals surface area contributed by atoms with E-state index < -0.39 is 5.97 Å². The number of aromatic nitrogens is 1. The third kappa shape index (κ3) is 4.44. The minimum atomic E-state index is -0.510. The summed E-state index contributed by atoms with van der Waals surface area (Å²) in [5.41, 5.74) is 8.11. The second-order valence-corrected chi connectivity index (χ2v) is 9.24. The van der Waals surface area contributed by atoms with Crippen LogP contribution in [0.25, 0.3) is 11.8 Å². The molecule has 0 N–H and O–H groups in total. The van der Waals surface area contributed by atoms with Gasteiger partial charge in [-0.15, -0.1) is 0 Å². The highest BCUT2D eigenvalue weighted by molar-refractivity contribution is 6.30. The third-order valence-corrected chi connectivity index (χ3v) is 6.59. The average Bonchev–Trinajstić information content (AvgIpc) is 3.22. The molecule has 4 rings (SSSR count). The van der Waals surface area contributed by atoms with Crippen molar-refractivity contribution < 1.29 is 14.3 Å². The molecule has 0 saturated carbocycles. The summed E-state index contributed by atoms with van der Waals surface area (Å²) in [7, 11) is 0. The van der Waals surface area contributed by atoms with Crippen LogP contribution in [0.3, 0.4) is 0 Å². The summed E-state index contributed by atoms with van der Waals surface area (Å²) in [5, 5.41) is 0.572. The lowest BCUT2D eigenvalue weighted by atomic mass is 10.0. The molecule has 35 heavy (non-hydrogen) atoms. The van der Waals surface area contributed by atoms with Gasteiger partial charge in [-0.3, -0.25) is 9.69 Å². The molecule has 0 fully saturated rings. The van der Waals surface area contributed by atoms with E-state index in [1.54, 1.807) is 44.2 Å². The highest BCUT2D eigenvalue weighted by Gasteiger charge is 2.38. The van der Waals surface area contributed by atoms with Crippen molar-refractivity contribution in [2.75, 3.05) is 11.5 Å². The number of esters is 1. The smallest absolute Gasteiger partial charge is 0.340 e. The zero-order chi connectivity index (χ0) is 25.4. The maximum atomic E-state index is 13.7. The second-order valence-electron chi connectivity index (χ2n) is 8.81. The Bertz CT molecular complexity index is 1390. The van der Waals surface area contributed by atoms with E-state index in [-0.39, 0.29) is 18.1 Å². The maximum Gasteiger partial charge on any atom is 0.340 e. The standard InChI is InChI=1S/C29H29ClN2O3/c1-7-35-29(34)27-21(6)32(24-12-10-23(30)11-13-24)28(33)25(27)16-22-15-19(4)31(20(22)5)26-14-17(2)8-9-18(26)3/h8-16H,7H2,1-6H3/b25-16-. The second kappa shape index (κ2) is 9.59. The Morgan fingerprint density at radius 3 is 2.34 bits per heavy atom. The molecular weight excluding hydrogens is 460 g/mol. The molecule has 2 heterocycles. The van der Waals surface area contributed by atoms with Crippen LogP contribution in [0.4, 0.5) is 5.69 Å². The molecule has 2 aromatic carbocycles. The summed E-state index contributed by atoms with van der Waals surface area (Å²) in [6, 6.07) is 15.4. The van der Waals surface area contributed by atoms with E-state index in [9.17, 15) is 9.59 Å². The number of rotatable bonds is 5. The van der Waals surface area contributed by atoms with Gasteiger partial charge in [-0.05, 0) is 101 Å². The van der Waals surface area contributed by atoms with Crippen LogP contribution < -0.4 is 4.90 Å². The lowest BCUT2D eigenvalue weighted by molar-refractivity contribution is -0.138. The first-order valence-electron chi connectivity index (χ1n) is 11.6. The van der Waals surface area contributed by atoms with Gasteiger partial charge in [0.05, 0.1) is 17.8 Å². The summed E-state index contributed by atoms with van der Waals surface area (Å²) in [6.07, 6.45) is 1.80. The molecule has 1 aliphatic heterocycles. The number of aryl methyl sites for hydroxylation is 3. The van der Waals surface area contributed by atoms with E-state index >= 15 is 0 Å². The van der Waals surface area contributed by atoms with Crippen molar-refractivity contribution in [1.29, 1.82) is 0 Å². The molecule has 180 valence electrons. The molecule has 0 atom stereocenters. The van der Waals surface area contributed by atoms with Gasteiger partial charge in [-0.2, -0.15) is 0 Å². The highest BCUT2D eigenvalue weighted by atomic mass is 35.5. The summed E-state index contributed by atoms with van der Waals surface area (Å²) >= 11 is 6.05. The van der Waals surface area contributed by atoms with Gasteiger partial charge in [0.1, 0.15) is 0 Å². The number of halogens is 1. The molecule has 1 aromatic heterocycles. The molecule has 0 spiro atoms. The zero-order valence-corrected chi connectivity index (χ0v) is 21.7. The number of benzene rings is 2. The maximum absolute atomic E-state index is 13.7. The van der Waals surface area contributed by atoms with Crippen molar-refractivity contribution in [1.82, 2.24) is 4.57 Å². The minimum Gasteiger partial charge on any atom is -0.462 e. The number of carbonyl (C=O) groups excluding carboxylic acids is 2. The molecule has 1 amide bonds.